The quantitative estimate of drug-likeness (QED) is 0.512. The Hall–Kier alpha value is -0.660. The summed E-state index contributed by atoms with van der Waals surface area (Å²) in [4.78, 5) is 12.1. The first-order chi connectivity index (χ1) is 7.99. The topological polar surface area (TPSA) is 64.8 Å². The zero-order valence-corrected chi connectivity index (χ0v) is 11.5. The molecule has 0 saturated heterocycles. The van der Waals surface area contributed by atoms with Gasteiger partial charge in [0.15, 0.2) is 0 Å². The Bertz CT molecular complexity index is 491. The van der Waals surface area contributed by atoms with E-state index in [4.69, 9.17) is 26.9 Å². The molecule has 5 nitrogen and oxygen atoms in total. The molecule has 2 N–H and O–H groups in total. The molecule has 0 unspecified atom stereocenters. The van der Waals surface area contributed by atoms with Crippen molar-refractivity contribution < 1.29 is 14.3 Å². The number of nitrogens with zero attached hydrogens (tertiary/aromatic N) is 1. The molecule has 1 aliphatic rings. The van der Waals surface area contributed by atoms with Gasteiger partial charge in [-0.05, 0) is 28.1 Å². The molecular weight excluding hydrogens is 311 g/mol. The number of methoxy groups -OCH3 is 2. The van der Waals surface area contributed by atoms with E-state index in [1.54, 1.807) is 12.1 Å². The molecule has 1 aromatic rings. The van der Waals surface area contributed by atoms with Crippen LogP contribution in [0.2, 0.25) is 5.02 Å². The lowest BCUT2D eigenvalue weighted by Gasteiger charge is -2.23. The third kappa shape index (κ3) is 1.52. The molecule has 0 saturated carbocycles. The molecule has 1 heterocycles. The number of hydrazine groups is 1. The van der Waals surface area contributed by atoms with Gasteiger partial charge in [-0.1, -0.05) is 11.6 Å². The zero-order chi connectivity index (χ0) is 12.8. The van der Waals surface area contributed by atoms with Gasteiger partial charge in [0.25, 0.3) is 5.79 Å². The third-order valence-electron chi connectivity index (χ3n) is 2.74. The molecule has 0 fully saturated rings. The van der Waals surface area contributed by atoms with Crippen molar-refractivity contribution in [1.82, 2.24) is 0 Å². The number of amides is 1. The van der Waals surface area contributed by atoms with Gasteiger partial charge < -0.3 is 9.47 Å². The summed E-state index contributed by atoms with van der Waals surface area (Å²) in [6.45, 7) is 0. The summed E-state index contributed by atoms with van der Waals surface area (Å²) in [5.41, 5.74) is 0.873. The maximum Gasteiger partial charge on any atom is 0.306 e. The number of nitrogens with two attached hydrogens (primary N) is 1. The van der Waals surface area contributed by atoms with Crippen molar-refractivity contribution in [3.63, 3.8) is 0 Å². The van der Waals surface area contributed by atoms with Crippen LogP contribution < -0.4 is 10.9 Å². The largest absolute Gasteiger partial charge is 0.342 e. The third-order valence-corrected chi connectivity index (χ3v) is 4.01. The van der Waals surface area contributed by atoms with E-state index in [0.29, 0.717) is 20.7 Å². The minimum absolute atomic E-state index is 0.342. The fraction of sp³-hybridized carbons (Fsp3) is 0.300. The number of halogens is 2. The molecule has 1 aliphatic heterocycles. The Balaban J connectivity index is 2.75. The van der Waals surface area contributed by atoms with Crippen LogP contribution >= 0.6 is 27.5 Å². The standard InChI is InChI=1S/C10H10BrClN2O3/c1-16-10(17-2)5-3-4-6(11)7(12)8(5)14(13)9(10)15/h3-4H,13H2,1-2H3. The van der Waals surface area contributed by atoms with Gasteiger partial charge >= 0.3 is 5.91 Å². The van der Waals surface area contributed by atoms with Crippen LogP contribution in [0, 0.1) is 0 Å². The molecular formula is C10H10BrClN2O3. The first-order valence-corrected chi connectivity index (χ1v) is 5.84. The van der Waals surface area contributed by atoms with E-state index in [9.17, 15) is 4.79 Å². The van der Waals surface area contributed by atoms with Crippen molar-refractivity contribution in [3.8, 4) is 0 Å². The molecule has 0 spiro atoms. The minimum Gasteiger partial charge on any atom is -0.342 e. The van der Waals surface area contributed by atoms with Crippen molar-refractivity contribution in [2.75, 3.05) is 19.2 Å². The van der Waals surface area contributed by atoms with E-state index in [0.717, 1.165) is 5.01 Å². The van der Waals surface area contributed by atoms with E-state index in [-0.39, 0.29) is 0 Å². The lowest BCUT2D eigenvalue weighted by Crippen LogP contribution is -2.46. The Kier molecular flexibility index (Phi) is 3.17. The van der Waals surface area contributed by atoms with Crippen molar-refractivity contribution in [2.45, 2.75) is 5.79 Å². The van der Waals surface area contributed by atoms with Crippen LogP contribution in [0.5, 0.6) is 0 Å². The van der Waals surface area contributed by atoms with Gasteiger partial charge in [0.2, 0.25) is 0 Å². The van der Waals surface area contributed by atoms with E-state index < -0.39 is 11.7 Å². The van der Waals surface area contributed by atoms with Crippen molar-refractivity contribution in [1.29, 1.82) is 0 Å². The number of fused-ring (bicyclic) bond motifs is 1. The maximum atomic E-state index is 12.1. The molecule has 0 bridgehead atoms. The Morgan fingerprint density at radius 2 is 2.00 bits per heavy atom. The van der Waals surface area contributed by atoms with Crippen LogP contribution in [0.3, 0.4) is 0 Å². The molecule has 7 heteroatoms. The number of ether oxygens (including phenoxy) is 2. The molecule has 17 heavy (non-hydrogen) atoms. The van der Waals surface area contributed by atoms with E-state index >= 15 is 0 Å². The number of carbonyl (C=O) groups excluding carboxylic acids is 1. The second kappa shape index (κ2) is 4.22. The average molecular weight is 322 g/mol. The highest BCUT2D eigenvalue weighted by Crippen LogP contribution is 2.47. The number of carbonyl (C=O) groups is 1. The highest BCUT2D eigenvalue weighted by atomic mass is 79.9. The summed E-state index contributed by atoms with van der Waals surface area (Å²) < 4.78 is 11.0. The van der Waals surface area contributed by atoms with E-state index in [1.165, 1.54) is 14.2 Å². The SMILES string of the molecule is COC1(OC)C(=O)N(N)c2c1ccc(Br)c2Cl. The number of hydrogen-bond donors (Lipinski definition) is 1. The Morgan fingerprint density at radius 3 is 2.53 bits per heavy atom. The van der Waals surface area contributed by atoms with Gasteiger partial charge in [0.05, 0.1) is 10.7 Å². The highest BCUT2D eigenvalue weighted by Gasteiger charge is 2.53. The molecule has 2 rings (SSSR count). The Labute approximate surface area is 112 Å². The van der Waals surface area contributed by atoms with Crippen molar-refractivity contribution >= 4 is 39.1 Å². The summed E-state index contributed by atoms with van der Waals surface area (Å²) >= 11 is 9.38. The fourth-order valence-corrected chi connectivity index (χ4v) is 2.47. The number of rotatable bonds is 2. The van der Waals surface area contributed by atoms with Crippen LogP contribution in [0.1, 0.15) is 5.56 Å². The van der Waals surface area contributed by atoms with Crippen LogP contribution in [-0.2, 0) is 20.1 Å². The molecule has 92 valence electrons. The van der Waals surface area contributed by atoms with Crippen molar-refractivity contribution in [3.05, 3.63) is 27.2 Å². The predicted octanol–water partition coefficient (Wildman–Crippen LogP) is 1.77. The molecule has 0 atom stereocenters. The first kappa shape index (κ1) is 12.8. The Morgan fingerprint density at radius 1 is 1.41 bits per heavy atom. The number of benzene rings is 1. The predicted molar refractivity (Wildman–Crippen MR) is 66.5 cm³/mol. The van der Waals surface area contributed by atoms with Gasteiger partial charge in [0, 0.05) is 24.3 Å². The van der Waals surface area contributed by atoms with Crippen molar-refractivity contribution in [2.24, 2.45) is 5.84 Å². The van der Waals surface area contributed by atoms with Crippen LogP contribution in [0.25, 0.3) is 0 Å². The monoisotopic (exact) mass is 320 g/mol. The maximum absolute atomic E-state index is 12.1. The molecule has 0 aliphatic carbocycles. The summed E-state index contributed by atoms with van der Waals surface area (Å²) in [6.07, 6.45) is 0. The van der Waals surface area contributed by atoms with E-state index in [1.807, 2.05) is 0 Å². The summed E-state index contributed by atoms with van der Waals surface area (Å²) in [6, 6.07) is 3.39. The second-order valence-corrected chi connectivity index (χ2v) is 4.69. The zero-order valence-electron chi connectivity index (χ0n) is 9.16. The fourth-order valence-electron chi connectivity index (χ4n) is 1.89. The van der Waals surface area contributed by atoms with Gasteiger partial charge in [-0.25, -0.2) is 10.9 Å². The van der Waals surface area contributed by atoms with Gasteiger partial charge in [-0.3, -0.25) is 4.79 Å². The lowest BCUT2D eigenvalue weighted by atomic mass is 10.1. The minimum atomic E-state index is -1.52. The van der Waals surface area contributed by atoms with Crippen LogP contribution in [-0.4, -0.2) is 20.1 Å². The molecule has 1 aromatic carbocycles. The summed E-state index contributed by atoms with van der Waals surface area (Å²) in [5.74, 6) is 3.67. The van der Waals surface area contributed by atoms with Gasteiger partial charge in [0.1, 0.15) is 0 Å². The summed E-state index contributed by atoms with van der Waals surface area (Å²) in [7, 11) is 2.75. The number of hydrogen-bond acceptors (Lipinski definition) is 4. The molecule has 1 amide bonds. The summed E-state index contributed by atoms with van der Waals surface area (Å²) in [5, 5.41) is 1.28. The number of anilines is 1. The van der Waals surface area contributed by atoms with Crippen LogP contribution in [0.15, 0.2) is 16.6 Å². The van der Waals surface area contributed by atoms with Gasteiger partial charge in [-0.15, -0.1) is 0 Å². The van der Waals surface area contributed by atoms with Gasteiger partial charge in [-0.2, -0.15) is 0 Å². The second-order valence-electron chi connectivity index (χ2n) is 3.46. The average Bonchev–Trinajstić information content (AvgIpc) is 2.55. The first-order valence-electron chi connectivity index (χ1n) is 4.67. The van der Waals surface area contributed by atoms with E-state index in [2.05, 4.69) is 15.9 Å². The normalized spacial score (nSPS) is 17.5. The molecule has 0 radical (unpaired) electrons. The molecule has 0 aromatic heterocycles. The smallest absolute Gasteiger partial charge is 0.306 e. The van der Waals surface area contributed by atoms with Crippen LogP contribution in [0.4, 0.5) is 5.69 Å². The highest BCUT2D eigenvalue weighted by molar-refractivity contribution is 9.10. The lowest BCUT2D eigenvalue weighted by molar-refractivity contribution is -0.209.